The fourth-order valence-corrected chi connectivity index (χ4v) is 8.65. The van der Waals surface area contributed by atoms with Gasteiger partial charge in [0.25, 0.3) is 11.8 Å². The summed E-state index contributed by atoms with van der Waals surface area (Å²) < 4.78 is 5.98. The maximum atomic E-state index is 14.1. The molecule has 8 rings (SSSR count). The van der Waals surface area contributed by atoms with Crippen molar-refractivity contribution in [3.63, 3.8) is 0 Å². The van der Waals surface area contributed by atoms with Gasteiger partial charge in [-0.1, -0.05) is 25.0 Å². The first-order chi connectivity index (χ1) is 27.3. The van der Waals surface area contributed by atoms with Crippen LogP contribution in [0.15, 0.2) is 63.0 Å². The second-order valence-corrected chi connectivity index (χ2v) is 14.8. The van der Waals surface area contributed by atoms with E-state index in [2.05, 4.69) is 57.3 Å². The Bertz CT molecular complexity index is 1980. The third-order valence-corrected chi connectivity index (χ3v) is 11.5. The second kappa shape index (κ2) is 16.0. The molecule has 7 aliphatic rings. The Labute approximate surface area is 325 Å². The van der Waals surface area contributed by atoms with Gasteiger partial charge < -0.3 is 25.2 Å². The van der Waals surface area contributed by atoms with E-state index in [1.807, 2.05) is 24.3 Å². The Morgan fingerprint density at radius 2 is 1.93 bits per heavy atom. The number of piperidine rings is 1. The highest BCUT2D eigenvalue weighted by atomic mass is 16.5. The molecule has 0 spiro atoms. The summed E-state index contributed by atoms with van der Waals surface area (Å²) in [5.41, 5.74) is 5.29. The molecular weight excluding hydrogens is 717 g/mol. The molecule has 0 aromatic carbocycles. The van der Waals surface area contributed by atoms with Crippen molar-refractivity contribution in [3.05, 3.63) is 58.6 Å². The summed E-state index contributed by atoms with van der Waals surface area (Å²) in [6.45, 7) is 8.41. The standard InChI is InChI=1S/C38H47BN11O6/c1-3-47-21-42-46-34(47)26-9-5-11-29(43-26)49-20-24-23(36(49)53)19-30(48-16-6-10-28(48)39-2)44-33(24)41-15-18-56-17-14-40-25-8-4-7-22-32(25)38(55)50(37(22)54)27-12-13-31(51)45-35(27)52/h4-5,7,9,11,23,25,27-28,40-42H,3,6,8,10,12-21H2,1-2H3,(H,45,51,52). The molecule has 3 saturated heterocycles. The van der Waals surface area contributed by atoms with Gasteiger partial charge in [0.05, 0.1) is 31.2 Å². The first-order valence-electron chi connectivity index (χ1n) is 19.7. The van der Waals surface area contributed by atoms with Crippen LogP contribution in [-0.2, 0) is 28.7 Å². The summed E-state index contributed by atoms with van der Waals surface area (Å²) in [7, 11) is 2.21. The number of aliphatic imine (C=N–C) groups is 1. The number of carbonyl (C=O) groups is 5. The van der Waals surface area contributed by atoms with Crippen molar-refractivity contribution in [1.29, 1.82) is 0 Å². The number of hydrogen-bond donors (Lipinski definition) is 4. The number of hydrazone groups is 1. The van der Waals surface area contributed by atoms with Gasteiger partial charge in [-0.05, 0) is 50.7 Å². The number of rotatable bonds is 13. The molecule has 293 valence electrons. The van der Waals surface area contributed by atoms with Crippen LogP contribution >= 0.6 is 0 Å². The molecule has 6 aliphatic heterocycles. The molecule has 4 N–H and O–H groups in total. The fourth-order valence-electron chi connectivity index (χ4n) is 8.65. The van der Waals surface area contributed by atoms with Gasteiger partial charge in [-0.25, -0.2) is 9.98 Å². The molecule has 3 fully saturated rings. The second-order valence-electron chi connectivity index (χ2n) is 14.8. The van der Waals surface area contributed by atoms with Gasteiger partial charge in [0.15, 0.2) is 5.84 Å². The number of anilines is 1. The van der Waals surface area contributed by atoms with Crippen LogP contribution in [0.3, 0.4) is 0 Å². The Morgan fingerprint density at radius 3 is 2.75 bits per heavy atom. The van der Waals surface area contributed by atoms with Crippen LogP contribution in [0.1, 0.15) is 51.1 Å². The lowest BCUT2D eigenvalue weighted by atomic mass is 9.71. The number of nitrogens with one attached hydrogen (secondary N) is 4. The largest absolute Gasteiger partial charge is 0.378 e. The Kier molecular flexibility index (Phi) is 10.7. The number of hydrogen-bond acceptors (Lipinski definition) is 14. The first-order valence-corrected chi connectivity index (χ1v) is 19.7. The molecule has 4 unspecified atom stereocenters. The molecule has 0 saturated carbocycles. The van der Waals surface area contributed by atoms with E-state index in [4.69, 9.17) is 14.7 Å². The van der Waals surface area contributed by atoms with Gasteiger partial charge in [-0.3, -0.25) is 44.5 Å². The van der Waals surface area contributed by atoms with Crippen LogP contribution in [0.5, 0.6) is 0 Å². The Hall–Kier alpha value is -5.36. The van der Waals surface area contributed by atoms with Gasteiger partial charge >= 0.3 is 0 Å². The minimum atomic E-state index is -1.00. The zero-order valence-corrected chi connectivity index (χ0v) is 31.8. The number of likely N-dealkylation sites (tertiary alicyclic amines) is 1. The summed E-state index contributed by atoms with van der Waals surface area (Å²) >= 11 is 0. The fraction of sp³-hybridized carbons (Fsp3) is 0.526. The van der Waals surface area contributed by atoms with Gasteiger partial charge in [-0.2, -0.15) is 5.10 Å². The van der Waals surface area contributed by atoms with E-state index in [1.165, 1.54) is 0 Å². The number of aromatic nitrogens is 1. The summed E-state index contributed by atoms with van der Waals surface area (Å²) in [6, 6.07) is 4.28. The number of amides is 5. The van der Waals surface area contributed by atoms with Crippen molar-refractivity contribution < 1.29 is 28.7 Å². The highest BCUT2D eigenvalue weighted by Gasteiger charge is 2.48. The predicted molar refractivity (Wildman–Crippen MR) is 207 cm³/mol. The summed E-state index contributed by atoms with van der Waals surface area (Å²) in [5, 5.41) is 13.5. The zero-order valence-electron chi connectivity index (χ0n) is 31.8. The quantitative estimate of drug-likeness (QED) is 0.117. The van der Waals surface area contributed by atoms with E-state index < -0.39 is 35.7 Å². The lowest BCUT2D eigenvalue weighted by Gasteiger charge is -2.31. The minimum absolute atomic E-state index is 0.00670. The van der Waals surface area contributed by atoms with Crippen LogP contribution in [0.25, 0.3) is 0 Å². The average Bonchev–Trinajstić information content (AvgIpc) is 4.01. The summed E-state index contributed by atoms with van der Waals surface area (Å²) in [4.78, 5) is 82.1. The van der Waals surface area contributed by atoms with Crippen LogP contribution in [0, 0.1) is 5.92 Å². The molecule has 0 bridgehead atoms. The lowest BCUT2D eigenvalue weighted by molar-refractivity contribution is -0.150. The maximum absolute atomic E-state index is 14.1. The first kappa shape index (κ1) is 37.6. The highest BCUT2D eigenvalue weighted by molar-refractivity contribution is 6.36. The maximum Gasteiger partial charge on any atom is 0.262 e. The third kappa shape index (κ3) is 6.99. The number of ether oxygens (including phenoxy) is 1. The number of nitrogens with zero attached hydrogens (tertiary/aromatic N) is 7. The smallest absolute Gasteiger partial charge is 0.262 e. The number of pyridine rings is 1. The highest BCUT2D eigenvalue weighted by Crippen LogP contribution is 2.37. The monoisotopic (exact) mass is 764 g/mol. The van der Waals surface area contributed by atoms with Crippen LogP contribution in [0.4, 0.5) is 5.82 Å². The average molecular weight is 765 g/mol. The van der Waals surface area contributed by atoms with E-state index in [-0.39, 0.29) is 36.2 Å². The van der Waals surface area contributed by atoms with Gasteiger partial charge in [0.2, 0.25) is 17.7 Å². The van der Waals surface area contributed by atoms with E-state index in [9.17, 15) is 24.0 Å². The number of carbonyl (C=O) groups excluding carboxylic acids is 5. The van der Waals surface area contributed by atoms with Crippen molar-refractivity contribution in [2.75, 3.05) is 57.5 Å². The van der Waals surface area contributed by atoms with Crippen molar-refractivity contribution in [2.45, 2.75) is 70.3 Å². The van der Waals surface area contributed by atoms with Gasteiger partial charge in [-0.15, -0.1) is 0 Å². The third-order valence-electron chi connectivity index (χ3n) is 11.5. The van der Waals surface area contributed by atoms with Crippen LogP contribution in [-0.4, -0.2) is 139 Å². The molecule has 18 heteroatoms. The molecule has 1 aromatic heterocycles. The molecule has 5 amide bonds. The topological polar surface area (TPSA) is 193 Å². The normalized spacial score (nSPS) is 26.2. The molecular formula is C38H47BN11O6. The molecule has 4 atom stereocenters. The van der Waals surface area contributed by atoms with Crippen LogP contribution in [0.2, 0.25) is 6.82 Å². The van der Waals surface area contributed by atoms with Gasteiger partial charge in [0, 0.05) is 56.2 Å². The van der Waals surface area contributed by atoms with Crippen molar-refractivity contribution in [1.82, 2.24) is 41.1 Å². The molecule has 1 aliphatic carbocycles. The summed E-state index contributed by atoms with van der Waals surface area (Å²) in [6.07, 6.45) is 6.84. The molecule has 56 heavy (non-hydrogen) atoms. The Morgan fingerprint density at radius 1 is 1.07 bits per heavy atom. The van der Waals surface area contributed by atoms with Crippen molar-refractivity contribution >= 4 is 54.3 Å². The van der Waals surface area contributed by atoms with Crippen molar-refractivity contribution in [2.24, 2.45) is 16.0 Å². The Balaban J connectivity index is 0.892. The number of amidine groups is 2. The predicted octanol–water partition coefficient (Wildman–Crippen LogP) is -0.228. The number of fused-ring (bicyclic) bond motifs is 1. The SMILES string of the molecule is C[B]C1CCCN1C1=NC(NCCOCCNC2CC=CC3=C2C(=O)N(C2CCC(=O)NC2=O)C3=O)=C2CN(c3cccc(C4=NNCN4CC)n3)C(=O)C2C1. The van der Waals surface area contributed by atoms with E-state index in [0.717, 1.165) is 48.1 Å². The van der Waals surface area contributed by atoms with Gasteiger partial charge in [0.1, 0.15) is 43.2 Å². The van der Waals surface area contributed by atoms with E-state index >= 15 is 0 Å². The lowest BCUT2D eigenvalue weighted by Crippen LogP contribution is -2.55. The van der Waals surface area contributed by atoms with E-state index in [1.54, 1.807) is 11.0 Å². The molecule has 7 heterocycles. The number of imide groups is 2. The van der Waals surface area contributed by atoms with Crippen LogP contribution < -0.4 is 26.3 Å². The van der Waals surface area contributed by atoms with E-state index in [0.29, 0.717) is 75.3 Å². The minimum Gasteiger partial charge on any atom is -0.378 e. The molecule has 17 nitrogen and oxygen atoms in total. The molecule has 1 radical (unpaired) electrons. The zero-order chi connectivity index (χ0) is 38.9. The van der Waals surface area contributed by atoms with Crippen molar-refractivity contribution in [3.8, 4) is 0 Å². The summed E-state index contributed by atoms with van der Waals surface area (Å²) in [5.74, 6) is 0.847. The molecule has 1 aromatic rings.